The molecule has 0 aromatic carbocycles. The molecular formula is C21H39N3O3. The Labute approximate surface area is 165 Å². The van der Waals surface area contributed by atoms with Gasteiger partial charge in [0.2, 0.25) is 0 Å². The summed E-state index contributed by atoms with van der Waals surface area (Å²) < 4.78 is 11.5. The van der Waals surface area contributed by atoms with Crippen LogP contribution >= 0.6 is 0 Å². The summed E-state index contributed by atoms with van der Waals surface area (Å²) in [7, 11) is 6.11. The number of fused-ring (bicyclic) bond motifs is 3. The van der Waals surface area contributed by atoms with Crippen LogP contribution in [0.4, 0.5) is 0 Å². The normalized spacial score (nSPS) is 34.1. The quantitative estimate of drug-likeness (QED) is 0.449. The maximum Gasteiger partial charge on any atom is 0.306 e. The van der Waals surface area contributed by atoms with Crippen molar-refractivity contribution in [1.82, 2.24) is 14.7 Å². The molecule has 4 aliphatic heterocycles. The van der Waals surface area contributed by atoms with Gasteiger partial charge in [-0.25, -0.2) is 0 Å². The smallest absolute Gasteiger partial charge is 0.306 e. The molecule has 0 aromatic heterocycles. The first kappa shape index (κ1) is 21.0. The van der Waals surface area contributed by atoms with Gasteiger partial charge < -0.3 is 19.3 Å². The van der Waals surface area contributed by atoms with Crippen molar-refractivity contribution >= 4 is 5.97 Å². The van der Waals surface area contributed by atoms with Gasteiger partial charge in [0, 0.05) is 32.7 Å². The van der Waals surface area contributed by atoms with Crippen molar-refractivity contribution in [2.45, 2.75) is 63.2 Å². The van der Waals surface area contributed by atoms with Crippen LogP contribution in [-0.4, -0.2) is 99.4 Å². The van der Waals surface area contributed by atoms with Gasteiger partial charge in [0.15, 0.2) is 0 Å². The monoisotopic (exact) mass is 381 g/mol. The van der Waals surface area contributed by atoms with E-state index in [1.165, 1.54) is 25.9 Å². The lowest BCUT2D eigenvalue weighted by Gasteiger charge is -2.43. The standard InChI is InChI=1S/C21H39N3O3/c1-22(2)18-10-14-23(16-20(18)26-3)11-6-4-5-7-21(25)27-19-15-24-12-8-17(19)9-13-24/h17-20H,4-16H2,1-3H3/t18-,19+,20+/m1/s1. The number of likely N-dealkylation sites (N-methyl/N-ethyl adjacent to an activating group) is 1. The Hall–Kier alpha value is -0.690. The van der Waals surface area contributed by atoms with Gasteiger partial charge in [-0.3, -0.25) is 9.69 Å². The van der Waals surface area contributed by atoms with E-state index in [9.17, 15) is 4.79 Å². The molecule has 2 bridgehead atoms. The lowest BCUT2D eigenvalue weighted by molar-refractivity contribution is -0.158. The second-order valence-corrected chi connectivity index (χ2v) is 8.87. The molecule has 4 saturated heterocycles. The van der Waals surface area contributed by atoms with E-state index in [4.69, 9.17) is 9.47 Å². The predicted molar refractivity (Wildman–Crippen MR) is 107 cm³/mol. The number of esters is 1. The van der Waals surface area contributed by atoms with Crippen LogP contribution in [0.1, 0.15) is 44.9 Å². The van der Waals surface area contributed by atoms with E-state index in [-0.39, 0.29) is 12.1 Å². The van der Waals surface area contributed by atoms with E-state index in [0.29, 0.717) is 24.5 Å². The van der Waals surface area contributed by atoms with Crippen molar-refractivity contribution in [1.29, 1.82) is 0 Å². The van der Waals surface area contributed by atoms with Crippen molar-refractivity contribution in [2.75, 3.05) is 60.5 Å². The zero-order valence-electron chi connectivity index (χ0n) is 17.6. The SMILES string of the molecule is CO[C@H]1CN(CCCCCC(=O)O[C@H]2CN3CCC2CC3)CC[C@H]1N(C)C. The minimum atomic E-state index is 0.0139. The van der Waals surface area contributed by atoms with E-state index in [1.807, 2.05) is 7.11 Å². The van der Waals surface area contributed by atoms with Crippen LogP contribution in [-0.2, 0) is 14.3 Å². The fourth-order valence-corrected chi connectivity index (χ4v) is 5.05. The number of hydrogen-bond acceptors (Lipinski definition) is 6. The van der Waals surface area contributed by atoms with Gasteiger partial charge >= 0.3 is 5.97 Å². The van der Waals surface area contributed by atoms with Gasteiger partial charge in [0.25, 0.3) is 0 Å². The van der Waals surface area contributed by atoms with Crippen molar-refractivity contribution in [2.24, 2.45) is 5.92 Å². The second-order valence-electron chi connectivity index (χ2n) is 8.87. The fraction of sp³-hybridized carbons (Fsp3) is 0.952. The maximum absolute atomic E-state index is 12.2. The third kappa shape index (κ3) is 5.89. The van der Waals surface area contributed by atoms with Crippen molar-refractivity contribution in [3.8, 4) is 0 Å². The minimum Gasteiger partial charge on any atom is -0.461 e. The van der Waals surface area contributed by atoms with Gasteiger partial charge in [-0.2, -0.15) is 0 Å². The molecule has 0 N–H and O–H groups in total. The number of ether oxygens (including phenoxy) is 2. The number of piperidine rings is 4. The highest BCUT2D eigenvalue weighted by atomic mass is 16.5. The molecule has 27 heavy (non-hydrogen) atoms. The first-order valence-corrected chi connectivity index (χ1v) is 10.9. The Morgan fingerprint density at radius 2 is 1.78 bits per heavy atom. The third-order valence-corrected chi connectivity index (χ3v) is 6.81. The van der Waals surface area contributed by atoms with Crippen molar-refractivity contribution in [3.05, 3.63) is 0 Å². The molecule has 4 rings (SSSR count). The Bertz CT molecular complexity index is 466. The summed E-state index contributed by atoms with van der Waals surface area (Å²) in [6.07, 6.45) is 7.78. The van der Waals surface area contributed by atoms with E-state index >= 15 is 0 Å². The molecule has 0 radical (unpaired) electrons. The molecule has 0 unspecified atom stereocenters. The average molecular weight is 382 g/mol. The molecule has 6 nitrogen and oxygen atoms in total. The second kappa shape index (κ2) is 10.2. The van der Waals surface area contributed by atoms with Crippen LogP contribution < -0.4 is 0 Å². The topological polar surface area (TPSA) is 45.2 Å². The van der Waals surface area contributed by atoms with Crippen LogP contribution in [0.3, 0.4) is 0 Å². The molecule has 156 valence electrons. The lowest BCUT2D eigenvalue weighted by atomic mass is 9.86. The molecule has 3 atom stereocenters. The van der Waals surface area contributed by atoms with Gasteiger partial charge in [0.1, 0.15) is 6.10 Å². The van der Waals surface area contributed by atoms with Gasteiger partial charge in [-0.15, -0.1) is 0 Å². The van der Waals surface area contributed by atoms with Gasteiger partial charge in [-0.1, -0.05) is 6.42 Å². The number of methoxy groups -OCH3 is 1. The average Bonchev–Trinajstić information content (AvgIpc) is 2.68. The molecular weight excluding hydrogens is 342 g/mol. The third-order valence-electron chi connectivity index (χ3n) is 6.81. The summed E-state index contributed by atoms with van der Waals surface area (Å²) >= 11 is 0. The number of rotatable bonds is 9. The van der Waals surface area contributed by atoms with Crippen LogP contribution in [0.15, 0.2) is 0 Å². The molecule has 4 fully saturated rings. The zero-order valence-corrected chi connectivity index (χ0v) is 17.6. The van der Waals surface area contributed by atoms with Crippen LogP contribution in [0.25, 0.3) is 0 Å². The van der Waals surface area contributed by atoms with Gasteiger partial charge in [-0.05, 0) is 78.3 Å². The lowest BCUT2D eigenvalue weighted by Crippen LogP contribution is -2.53. The molecule has 0 amide bonds. The highest BCUT2D eigenvalue weighted by Gasteiger charge is 2.36. The van der Waals surface area contributed by atoms with E-state index in [2.05, 4.69) is 28.8 Å². The summed E-state index contributed by atoms with van der Waals surface area (Å²) in [6, 6.07) is 0.521. The van der Waals surface area contributed by atoms with E-state index in [0.717, 1.165) is 51.9 Å². The molecule has 0 aliphatic carbocycles. The highest BCUT2D eigenvalue weighted by Crippen LogP contribution is 2.29. The number of nitrogens with zero attached hydrogens (tertiary/aromatic N) is 3. The summed E-state index contributed by atoms with van der Waals surface area (Å²) in [5, 5.41) is 0. The van der Waals surface area contributed by atoms with E-state index in [1.54, 1.807) is 0 Å². The van der Waals surface area contributed by atoms with E-state index < -0.39 is 0 Å². The molecule has 6 heteroatoms. The number of hydrogen-bond donors (Lipinski definition) is 0. The summed E-state index contributed by atoms with van der Waals surface area (Å²) in [5.74, 6) is 0.623. The largest absolute Gasteiger partial charge is 0.461 e. The number of likely N-dealkylation sites (tertiary alicyclic amines) is 1. The molecule has 4 heterocycles. The fourth-order valence-electron chi connectivity index (χ4n) is 5.05. The van der Waals surface area contributed by atoms with Crippen LogP contribution in [0.5, 0.6) is 0 Å². The highest BCUT2D eigenvalue weighted by molar-refractivity contribution is 5.69. The molecule has 4 aliphatic rings. The maximum atomic E-state index is 12.2. The van der Waals surface area contributed by atoms with Gasteiger partial charge in [0.05, 0.1) is 6.10 Å². The number of unbranched alkanes of at least 4 members (excludes halogenated alkanes) is 2. The first-order chi connectivity index (χ1) is 13.1. The zero-order chi connectivity index (χ0) is 19.2. The summed E-state index contributed by atoms with van der Waals surface area (Å²) in [4.78, 5) is 19.4. The van der Waals surface area contributed by atoms with Crippen molar-refractivity contribution in [3.63, 3.8) is 0 Å². The molecule has 0 aromatic rings. The van der Waals surface area contributed by atoms with Crippen molar-refractivity contribution < 1.29 is 14.3 Å². The predicted octanol–water partition coefficient (Wildman–Crippen LogP) is 1.84. The van der Waals surface area contributed by atoms with Crippen LogP contribution in [0, 0.1) is 5.92 Å². The summed E-state index contributed by atoms with van der Waals surface area (Å²) in [5.41, 5.74) is 0. The molecule has 0 spiro atoms. The minimum absolute atomic E-state index is 0.0139. The Morgan fingerprint density at radius 1 is 1.00 bits per heavy atom. The Balaban J connectivity index is 1.26. The Kier molecular flexibility index (Phi) is 7.94. The Morgan fingerprint density at radius 3 is 2.41 bits per heavy atom. The van der Waals surface area contributed by atoms with Crippen LogP contribution in [0.2, 0.25) is 0 Å². The number of carbonyl (C=O) groups is 1. The number of carbonyl (C=O) groups excluding carboxylic acids is 1. The summed E-state index contributed by atoms with van der Waals surface area (Å²) in [6.45, 7) is 6.60. The first-order valence-electron chi connectivity index (χ1n) is 10.9. The molecule has 0 saturated carbocycles.